The number of hydrogen-bond donors (Lipinski definition) is 0. The maximum absolute atomic E-state index is 12.1. The summed E-state index contributed by atoms with van der Waals surface area (Å²) >= 11 is 0. The molecule has 4 nitrogen and oxygen atoms in total. The molecule has 220 valence electrons. The van der Waals surface area contributed by atoms with Crippen molar-refractivity contribution < 1.29 is 19.1 Å². The lowest BCUT2D eigenvalue weighted by Crippen LogP contribution is -2.17. The maximum atomic E-state index is 12.1. The molecule has 4 heteroatoms. The summed E-state index contributed by atoms with van der Waals surface area (Å²) in [6.07, 6.45) is 24.4. The van der Waals surface area contributed by atoms with Gasteiger partial charge in [-0.1, -0.05) is 131 Å². The van der Waals surface area contributed by atoms with Crippen LogP contribution in [0.2, 0.25) is 0 Å². The molecule has 0 fully saturated rings. The monoisotopic (exact) mass is 524 g/mol. The van der Waals surface area contributed by atoms with Crippen molar-refractivity contribution in [3.05, 3.63) is 0 Å². The van der Waals surface area contributed by atoms with Crippen LogP contribution in [0.3, 0.4) is 0 Å². The van der Waals surface area contributed by atoms with Crippen LogP contribution in [0, 0.1) is 17.8 Å². The van der Waals surface area contributed by atoms with Gasteiger partial charge in [0, 0.05) is 0 Å². The van der Waals surface area contributed by atoms with E-state index in [1.807, 2.05) is 0 Å². The third kappa shape index (κ3) is 21.6. The fourth-order valence-corrected chi connectivity index (χ4v) is 5.03. The standard InChI is InChI=1S/C33H64O4/c1-6-10-25-30(8-3)32(34)36-27-21-17-13-12-15-19-23-29(5)24-20-16-14-18-22-28-37-33(35)31(9-4)26-11-7-2/h29-31H,6-28H2,1-5H3. The summed E-state index contributed by atoms with van der Waals surface area (Å²) in [5, 5.41) is 0. The highest BCUT2D eigenvalue weighted by molar-refractivity contribution is 5.72. The normalized spacial score (nSPS) is 13.8. The average molecular weight is 525 g/mol. The first-order valence-electron chi connectivity index (χ1n) is 16.3. The number of esters is 2. The van der Waals surface area contributed by atoms with Crippen LogP contribution in [0.5, 0.6) is 0 Å². The molecule has 0 amide bonds. The van der Waals surface area contributed by atoms with Gasteiger partial charge < -0.3 is 9.47 Å². The largest absolute Gasteiger partial charge is 0.465 e. The number of hydrogen-bond acceptors (Lipinski definition) is 4. The molecule has 0 aromatic heterocycles. The lowest BCUT2D eigenvalue weighted by atomic mass is 9.96. The van der Waals surface area contributed by atoms with E-state index in [1.54, 1.807) is 0 Å². The van der Waals surface area contributed by atoms with E-state index in [0.29, 0.717) is 13.2 Å². The second-order valence-corrected chi connectivity index (χ2v) is 11.4. The summed E-state index contributed by atoms with van der Waals surface area (Å²) in [4.78, 5) is 24.2. The van der Waals surface area contributed by atoms with E-state index in [1.165, 1.54) is 70.6 Å². The minimum Gasteiger partial charge on any atom is -0.465 e. The van der Waals surface area contributed by atoms with E-state index >= 15 is 0 Å². The van der Waals surface area contributed by atoms with E-state index in [2.05, 4.69) is 34.6 Å². The third-order valence-corrected chi connectivity index (χ3v) is 7.89. The van der Waals surface area contributed by atoms with Gasteiger partial charge in [-0.2, -0.15) is 0 Å². The first-order valence-corrected chi connectivity index (χ1v) is 16.3. The van der Waals surface area contributed by atoms with Crippen molar-refractivity contribution in [2.24, 2.45) is 17.8 Å². The molecule has 0 saturated heterocycles. The van der Waals surface area contributed by atoms with E-state index in [4.69, 9.17) is 9.47 Å². The van der Waals surface area contributed by atoms with E-state index in [0.717, 1.165) is 70.1 Å². The van der Waals surface area contributed by atoms with Crippen LogP contribution >= 0.6 is 0 Å². The number of ether oxygens (including phenoxy) is 2. The highest BCUT2D eigenvalue weighted by atomic mass is 16.5. The van der Waals surface area contributed by atoms with Crippen LogP contribution in [-0.2, 0) is 19.1 Å². The van der Waals surface area contributed by atoms with Gasteiger partial charge >= 0.3 is 11.9 Å². The zero-order chi connectivity index (χ0) is 27.6. The van der Waals surface area contributed by atoms with Crippen LogP contribution in [0.4, 0.5) is 0 Å². The van der Waals surface area contributed by atoms with Crippen molar-refractivity contribution in [1.82, 2.24) is 0 Å². The van der Waals surface area contributed by atoms with Gasteiger partial charge in [0.25, 0.3) is 0 Å². The molecule has 0 N–H and O–H groups in total. The van der Waals surface area contributed by atoms with E-state index < -0.39 is 0 Å². The molecule has 37 heavy (non-hydrogen) atoms. The highest BCUT2D eigenvalue weighted by Crippen LogP contribution is 2.19. The predicted molar refractivity (Wildman–Crippen MR) is 158 cm³/mol. The quantitative estimate of drug-likeness (QED) is 0.0792. The fourth-order valence-electron chi connectivity index (χ4n) is 5.03. The van der Waals surface area contributed by atoms with Crippen LogP contribution in [-0.4, -0.2) is 25.2 Å². The van der Waals surface area contributed by atoms with Crippen molar-refractivity contribution in [1.29, 1.82) is 0 Å². The van der Waals surface area contributed by atoms with Crippen molar-refractivity contribution in [2.75, 3.05) is 13.2 Å². The molecule has 0 bridgehead atoms. The summed E-state index contributed by atoms with van der Waals surface area (Å²) in [5.41, 5.74) is 0. The SMILES string of the molecule is CCCCC(CC)C(=O)OCCCCCCCCC(C)CCCCCCCOC(=O)C(CC)CCCC. The summed E-state index contributed by atoms with van der Waals surface area (Å²) in [5.74, 6) is 1.08. The smallest absolute Gasteiger partial charge is 0.308 e. The van der Waals surface area contributed by atoms with Gasteiger partial charge in [-0.05, 0) is 44.4 Å². The maximum Gasteiger partial charge on any atom is 0.308 e. The molecule has 0 spiro atoms. The number of carbonyl (C=O) groups is 2. The molecule has 0 aromatic rings. The molecule has 0 aromatic carbocycles. The molecule has 0 aliphatic heterocycles. The molecule has 0 aliphatic rings. The Morgan fingerprint density at radius 1 is 0.486 bits per heavy atom. The summed E-state index contributed by atoms with van der Waals surface area (Å²) in [6, 6.07) is 0. The molecule has 0 heterocycles. The lowest BCUT2D eigenvalue weighted by molar-refractivity contribution is -0.150. The first-order chi connectivity index (χ1) is 18.0. The summed E-state index contributed by atoms with van der Waals surface area (Å²) in [7, 11) is 0. The van der Waals surface area contributed by atoms with Crippen LogP contribution in [0.25, 0.3) is 0 Å². The van der Waals surface area contributed by atoms with Crippen LogP contribution in [0.15, 0.2) is 0 Å². The predicted octanol–water partition coefficient (Wildman–Crippen LogP) is 10.2. The van der Waals surface area contributed by atoms with E-state index in [9.17, 15) is 9.59 Å². The second kappa shape index (κ2) is 26.5. The zero-order valence-electron chi connectivity index (χ0n) is 25.6. The topological polar surface area (TPSA) is 52.6 Å². The van der Waals surface area contributed by atoms with Crippen LogP contribution < -0.4 is 0 Å². The Morgan fingerprint density at radius 2 is 0.838 bits per heavy atom. The van der Waals surface area contributed by atoms with Gasteiger partial charge in [-0.25, -0.2) is 0 Å². The zero-order valence-corrected chi connectivity index (χ0v) is 25.6. The molecular weight excluding hydrogens is 460 g/mol. The Hall–Kier alpha value is -1.06. The molecule has 0 radical (unpaired) electrons. The Kier molecular flexibility index (Phi) is 25.8. The molecule has 0 rings (SSSR count). The summed E-state index contributed by atoms with van der Waals surface area (Å²) in [6.45, 7) is 12.1. The van der Waals surface area contributed by atoms with Gasteiger partial charge in [0.1, 0.15) is 0 Å². The average Bonchev–Trinajstić information content (AvgIpc) is 2.90. The minimum absolute atomic E-state index is 0.0218. The number of rotatable bonds is 27. The van der Waals surface area contributed by atoms with Crippen molar-refractivity contribution in [3.8, 4) is 0 Å². The van der Waals surface area contributed by atoms with Gasteiger partial charge in [0.2, 0.25) is 0 Å². The minimum atomic E-state index is 0.0218. The summed E-state index contributed by atoms with van der Waals surface area (Å²) < 4.78 is 11.0. The highest BCUT2D eigenvalue weighted by Gasteiger charge is 2.17. The first kappa shape index (κ1) is 35.9. The number of carbonyl (C=O) groups excluding carboxylic acids is 2. The Bertz CT molecular complexity index is 518. The van der Waals surface area contributed by atoms with Gasteiger partial charge in [0.15, 0.2) is 0 Å². The number of unbranched alkanes of at least 4 members (excludes halogenated alkanes) is 11. The molecule has 0 saturated carbocycles. The van der Waals surface area contributed by atoms with Crippen molar-refractivity contribution in [2.45, 2.75) is 169 Å². The Morgan fingerprint density at radius 3 is 1.19 bits per heavy atom. The molecule has 0 aliphatic carbocycles. The lowest BCUT2D eigenvalue weighted by Gasteiger charge is -2.14. The molecular formula is C33H64O4. The van der Waals surface area contributed by atoms with Gasteiger partial charge in [-0.3, -0.25) is 9.59 Å². The van der Waals surface area contributed by atoms with Gasteiger partial charge in [0.05, 0.1) is 25.0 Å². The second-order valence-electron chi connectivity index (χ2n) is 11.4. The Balaban J connectivity index is 3.50. The van der Waals surface area contributed by atoms with Gasteiger partial charge in [-0.15, -0.1) is 0 Å². The third-order valence-electron chi connectivity index (χ3n) is 7.89. The van der Waals surface area contributed by atoms with Crippen molar-refractivity contribution in [3.63, 3.8) is 0 Å². The fraction of sp³-hybridized carbons (Fsp3) is 0.939. The van der Waals surface area contributed by atoms with Crippen LogP contribution in [0.1, 0.15) is 169 Å². The molecule has 3 atom stereocenters. The van der Waals surface area contributed by atoms with E-state index in [-0.39, 0.29) is 23.8 Å². The Labute approximate surface area is 231 Å². The van der Waals surface area contributed by atoms with Crippen molar-refractivity contribution >= 4 is 11.9 Å². The molecule has 3 unspecified atom stereocenters.